The highest BCUT2D eigenvalue weighted by molar-refractivity contribution is 6.15. The molecule has 0 spiro atoms. The molecule has 1 nitrogen and oxygen atoms in total. The summed E-state index contributed by atoms with van der Waals surface area (Å²) in [6, 6.07) is 13.5. The van der Waals surface area contributed by atoms with E-state index in [1.807, 2.05) is 48.5 Å². The highest BCUT2D eigenvalue weighted by Crippen LogP contribution is 2.41. The molecule has 0 saturated heterocycles. The Kier molecular flexibility index (Phi) is 3.07. The molecule has 0 aliphatic carbocycles. The minimum absolute atomic E-state index is 0.0113. The van der Waals surface area contributed by atoms with Gasteiger partial charge in [0.2, 0.25) is 0 Å². The van der Waals surface area contributed by atoms with Gasteiger partial charge < -0.3 is 4.42 Å². The molecule has 0 aliphatic heterocycles. The van der Waals surface area contributed by atoms with Crippen LogP contribution in [0.25, 0.3) is 65.7 Å². The van der Waals surface area contributed by atoms with Gasteiger partial charge in [0, 0.05) is 10.8 Å². The second-order valence-corrected chi connectivity index (χ2v) is 9.52. The molecule has 8 aromatic rings. The standard InChI is InChI=1S/C39H26O/c1-2-11-26(12-3-1)23-36-30-15-4-6-18-34(30)39(35-19-7-5-16-31(35)36)29-14-10-13-27(24-29)28-21-22-33-32-17-8-9-20-37(32)40-38(33)25-28/h1-22,24-25H,23H2/i1D,2D,3D,4D,5D,6D,7D,11D,12D,15D,16D,18D,19D. The van der Waals surface area contributed by atoms with Crippen molar-refractivity contribution in [1.29, 1.82) is 0 Å². The number of furan rings is 1. The molecule has 0 saturated carbocycles. The van der Waals surface area contributed by atoms with E-state index in [0.29, 0.717) is 16.7 Å². The first kappa shape index (κ1) is 13.3. The van der Waals surface area contributed by atoms with E-state index in [2.05, 4.69) is 0 Å². The van der Waals surface area contributed by atoms with Gasteiger partial charge >= 0.3 is 0 Å². The normalized spacial score (nSPS) is 16.1. The summed E-state index contributed by atoms with van der Waals surface area (Å²) in [7, 11) is 0. The molecule has 0 unspecified atom stereocenters. The van der Waals surface area contributed by atoms with Crippen LogP contribution in [0.2, 0.25) is 0 Å². The quantitative estimate of drug-likeness (QED) is 0.209. The van der Waals surface area contributed by atoms with E-state index in [9.17, 15) is 2.74 Å². The Labute approximate surface area is 251 Å². The van der Waals surface area contributed by atoms with Gasteiger partial charge in [-0.25, -0.2) is 0 Å². The fourth-order valence-corrected chi connectivity index (χ4v) is 5.47. The van der Waals surface area contributed by atoms with Crippen LogP contribution in [0, 0.1) is 0 Å². The number of para-hydroxylation sites is 1. The first-order valence-corrected chi connectivity index (χ1v) is 12.8. The molecule has 0 bridgehead atoms. The fraction of sp³-hybridized carbons (Fsp3) is 0.0256. The predicted molar refractivity (Wildman–Crippen MR) is 169 cm³/mol. The molecule has 0 radical (unpaired) electrons. The van der Waals surface area contributed by atoms with Crippen molar-refractivity contribution in [3.8, 4) is 22.3 Å². The topological polar surface area (TPSA) is 13.1 Å². The molecule has 0 N–H and O–H groups in total. The summed E-state index contributed by atoms with van der Waals surface area (Å²) >= 11 is 0. The lowest BCUT2D eigenvalue weighted by Gasteiger charge is -2.18. The van der Waals surface area contributed by atoms with Crippen LogP contribution >= 0.6 is 0 Å². The van der Waals surface area contributed by atoms with Gasteiger partial charge in [-0.05, 0) is 85.6 Å². The van der Waals surface area contributed by atoms with Crippen molar-refractivity contribution in [3.05, 3.63) is 156 Å². The summed E-state index contributed by atoms with van der Waals surface area (Å²) in [6.45, 7) is 0. The van der Waals surface area contributed by atoms with Gasteiger partial charge in [0.15, 0.2) is 0 Å². The van der Waals surface area contributed by atoms with Crippen LogP contribution in [-0.2, 0) is 6.42 Å². The van der Waals surface area contributed by atoms with Gasteiger partial charge in [-0.2, -0.15) is 0 Å². The van der Waals surface area contributed by atoms with Crippen LogP contribution in [0.3, 0.4) is 0 Å². The Morgan fingerprint density at radius 1 is 0.475 bits per heavy atom. The van der Waals surface area contributed by atoms with Crippen LogP contribution in [0.4, 0.5) is 0 Å². The summed E-state index contributed by atoms with van der Waals surface area (Å²) in [5, 5.41) is 1.68. The van der Waals surface area contributed by atoms with E-state index < -0.39 is 85.0 Å². The van der Waals surface area contributed by atoms with Crippen molar-refractivity contribution in [2.24, 2.45) is 0 Å². The fourth-order valence-electron chi connectivity index (χ4n) is 5.47. The van der Waals surface area contributed by atoms with Crippen molar-refractivity contribution >= 4 is 43.5 Å². The van der Waals surface area contributed by atoms with Gasteiger partial charge in [-0.3, -0.25) is 0 Å². The maximum atomic E-state index is 9.18. The Hall–Kier alpha value is -5.14. The smallest absolute Gasteiger partial charge is 0.136 e. The van der Waals surface area contributed by atoms with E-state index in [0.717, 1.165) is 21.9 Å². The van der Waals surface area contributed by atoms with Crippen LogP contribution < -0.4 is 0 Å². The molecule has 1 heteroatoms. The minimum atomic E-state index is -0.614. The average molecular weight is 524 g/mol. The summed E-state index contributed by atoms with van der Waals surface area (Å²) in [6.07, 6.45) is -0.481. The van der Waals surface area contributed by atoms with Crippen LogP contribution in [-0.4, -0.2) is 0 Å². The first-order chi connectivity index (χ1) is 25.2. The van der Waals surface area contributed by atoms with Gasteiger partial charge in [0.25, 0.3) is 0 Å². The Bertz CT molecular complexity index is 2800. The molecule has 0 fully saturated rings. The summed E-state index contributed by atoms with van der Waals surface area (Å²) < 4.78 is 119. The van der Waals surface area contributed by atoms with E-state index >= 15 is 0 Å². The van der Waals surface area contributed by atoms with E-state index in [4.69, 9.17) is 19.5 Å². The SMILES string of the molecule is [2H]c1c([2H])c([2H])c(Cc2c3c([2H])c([2H])c([2H])c([2H])c3c(-c3cccc(-c4ccc5c(c4)oc4ccccc45)c3)c3c([2H])c([2H])c([2H])c([2H])c23)c([2H])c1[2H]. The lowest BCUT2D eigenvalue weighted by Crippen LogP contribution is -1.95. The third-order valence-electron chi connectivity index (χ3n) is 7.25. The molecule has 0 amide bonds. The zero-order valence-electron chi connectivity index (χ0n) is 34.0. The summed E-state index contributed by atoms with van der Waals surface area (Å²) in [5.41, 5.74) is 3.22. The maximum absolute atomic E-state index is 9.18. The highest BCUT2D eigenvalue weighted by atomic mass is 16.3. The lowest BCUT2D eigenvalue weighted by atomic mass is 9.86. The third kappa shape index (κ3) is 3.71. The van der Waals surface area contributed by atoms with Crippen molar-refractivity contribution < 1.29 is 22.2 Å². The average Bonchev–Trinajstić information content (AvgIpc) is 3.55. The molecule has 188 valence electrons. The van der Waals surface area contributed by atoms with Crippen molar-refractivity contribution in [1.82, 2.24) is 0 Å². The van der Waals surface area contributed by atoms with Gasteiger partial charge in [0.1, 0.15) is 11.2 Å². The van der Waals surface area contributed by atoms with Gasteiger partial charge in [-0.1, -0.05) is 121 Å². The number of hydrogen-bond acceptors (Lipinski definition) is 1. The van der Waals surface area contributed by atoms with E-state index in [-0.39, 0.29) is 38.2 Å². The molecule has 0 atom stereocenters. The second kappa shape index (κ2) is 9.25. The predicted octanol–water partition coefficient (Wildman–Crippen LogP) is 10.8. The monoisotopic (exact) mass is 523 g/mol. The second-order valence-electron chi connectivity index (χ2n) is 9.52. The molecule has 7 aromatic carbocycles. The molecule has 40 heavy (non-hydrogen) atoms. The van der Waals surface area contributed by atoms with Crippen molar-refractivity contribution in [2.45, 2.75) is 6.42 Å². The minimum Gasteiger partial charge on any atom is -0.456 e. The molecule has 1 aromatic heterocycles. The Balaban J connectivity index is 1.50. The van der Waals surface area contributed by atoms with Crippen LogP contribution in [0.15, 0.2) is 150 Å². The summed E-state index contributed by atoms with van der Waals surface area (Å²) in [5.74, 6) is 0. The molecule has 1 heterocycles. The molecule has 8 rings (SSSR count). The zero-order chi connectivity index (χ0) is 37.8. The first-order valence-electron chi connectivity index (χ1n) is 19.3. The number of rotatable bonds is 4. The molecular weight excluding hydrogens is 484 g/mol. The van der Waals surface area contributed by atoms with Gasteiger partial charge in [-0.15, -0.1) is 0 Å². The summed E-state index contributed by atoms with van der Waals surface area (Å²) in [4.78, 5) is 0. The zero-order valence-corrected chi connectivity index (χ0v) is 21.0. The lowest BCUT2D eigenvalue weighted by molar-refractivity contribution is 0.669. The van der Waals surface area contributed by atoms with E-state index in [1.54, 1.807) is 18.2 Å². The van der Waals surface area contributed by atoms with Gasteiger partial charge in [0.05, 0.1) is 17.8 Å². The molecule has 0 aliphatic rings. The third-order valence-corrected chi connectivity index (χ3v) is 7.25. The van der Waals surface area contributed by atoms with Crippen molar-refractivity contribution in [3.63, 3.8) is 0 Å². The van der Waals surface area contributed by atoms with Crippen LogP contribution in [0.5, 0.6) is 0 Å². The Morgan fingerprint density at radius 2 is 1.10 bits per heavy atom. The number of benzene rings is 7. The highest BCUT2D eigenvalue weighted by Gasteiger charge is 2.16. The number of fused-ring (bicyclic) bond motifs is 5. The largest absolute Gasteiger partial charge is 0.456 e. The maximum Gasteiger partial charge on any atom is 0.136 e. The Morgan fingerprint density at radius 3 is 1.88 bits per heavy atom. The van der Waals surface area contributed by atoms with E-state index in [1.165, 1.54) is 0 Å². The number of hydrogen-bond donors (Lipinski definition) is 0. The molecular formula is C39H26O. The van der Waals surface area contributed by atoms with Crippen molar-refractivity contribution in [2.75, 3.05) is 0 Å². The van der Waals surface area contributed by atoms with Crippen LogP contribution in [0.1, 0.15) is 28.9 Å².